The highest BCUT2D eigenvalue weighted by atomic mass is 32.2. The quantitative estimate of drug-likeness (QED) is 0.556. The molecule has 1 radical (unpaired) electrons. The summed E-state index contributed by atoms with van der Waals surface area (Å²) in [7, 11) is 0. The normalized spacial score (nSPS) is 9.22. The molecule has 0 atom stereocenters. The molecule has 0 bridgehead atoms. The lowest BCUT2D eigenvalue weighted by atomic mass is 10.3. The number of hydrogen-bond acceptors (Lipinski definition) is 1. The highest BCUT2D eigenvalue weighted by Crippen LogP contribution is 2.05. The molecule has 0 saturated heterocycles. The number of unbranched alkanes of at least 4 members (excludes halogenated alkanes) is 1. The van der Waals surface area contributed by atoms with Gasteiger partial charge >= 0.3 is 0 Å². The molecule has 0 unspecified atom stereocenters. The average molecular weight is 151 g/mol. The summed E-state index contributed by atoms with van der Waals surface area (Å²) in [5, 5.41) is 0. The average Bonchev–Trinajstić information content (AvgIpc) is 1.80. The smallest absolute Gasteiger partial charge is 0.174 e. The summed E-state index contributed by atoms with van der Waals surface area (Å²) in [6, 6.07) is 0. The predicted octanol–water partition coefficient (Wildman–Crippen LogP) is 3.07. The first-order valence-electron chi connectivity index (χ1n) is 2.65. The van der Waals surface area contributed by atoms with Crippen molar-refractivity contribution >= 4 is 11.8 Å². The van der Waals surface area contributed by atoms with Crippen molar-refractivity contribution in [2.45, 2.75) is 12.8 Å². The molecule has 0 spiro atoms. The maximum atomic E-state index is 11.3. The van der Waals surface area contributed by atoms with Gasteiger partial charge in [-0.2, -0.15) is 20.5 Å². The third kappa shape index (κ3) is 7.95. The maximum absolute atomic E-state index is 11.3. The Morgan fingerprint density at radius 3 is 2.67 bits per heavy atom. The van der Waals surface area contributed by atoms with Gasteiger partial charge in [-0.1, -0.05) is 0 Å². The zero-order valence-electron chi connectivity index (χ0n) is 5.07. The van der Waals surface area contributed by atoms with Crippen molar-refractivity contribution in [1.29, 1.82) is 0 Å². The molecule has 0 rings (SSSR count). The van der Waals surface area contributed by atoms with E-state index < -0.39 is 6.08 Å². The fourth-order valence-electron chi connectivity index (χ4n) is 0.397. The van der Waals surface area contributed by atoms with Crippen molar-refractivity contribution in [3.8, 4) is 0 Å². The molecule has 0 aliphatic heterocycles. The second kappa shape index (κ2) is 6.08. The first-order valence-corrected chi connectivity index (χ1v) is 3.81. The summed E-state index contributed by atoms with van der Waals surface area (Å²) in [6.07, 6.45) is 4.12. The molecule has 0 nitrogen and oxygen atoms in total. The van der Waals surface area contributed by atoms with E-state index in [2.05, 4.69) is 6.26 Å². The second-order valence-corrected chi connectivity index (χ2v) is 2.36. The lowest BCUT2D eigenvalue weighted by Crippen LogP contribution is -1.74. The van der Waals surface area contributed by atoms with E-state index in [4.69, 9.17) is 0 Å². The van der Waals surface area contributed by atoms with Crippen molar-refractivity contribution in [3.05, 3.63) is 18.4 Å². The summed E-state index contributed by atoms with van der Waals surface area (Å²) >= 11 is 1.43. The van der Waals surface area contributed by atoms with Crippen molar-refractivity contribution < 1.29 is 8.78 Å². The predicted molar refractivity (Wildman–Crippen MR) is 37.3 cm³/mol. The van der Waals surface area contributed by atoms with E-state index >= 15 is 0 Å². The Bertz CT molecular complexity index is 87.1. The van der Waals surface area contributed by atoms with Crippen molar-refractivity contribution in [2.24, 2.45) is 0 Å². The van der Waals surface area contributed by atoms with E-state index in [0.717, 1.165) is 18.2 Å². The molecule has 3 heteroatoms. The fraction of sp³-hybridized carbons (Fsp3) is 0.500. The van der Waals surface area contributed by atoms with Gasteiger partial charge in [0.05, 0.1) is 0 Å². The minimum absolute atomic E-state index is 0.463. The van der Waals surface area contributed by atoms with Gasteiger partial charge in [-0.15, -0.1) is 0 Å². The molecule has 0 fully saturated rings. The van der Waals surface area contributed by atoms with Crippen LogP contribution in [0.25, 0.3) is 0 Å². The van der Waals surface area contributed by atoms with Crippen molar-refractivity contribution in [1.82, 2.24) is 0 Å². The lowest BCUT2D eigenvalue weighted by Gasteiger charge is -1.89. The Hall–Kier alpha value is -0.0500. The van der Waals surface area contributed by atoms with Gasteiger partial charge in [0.2, 0.25) is 0 Å². The fourth-order valence-corrected chi connectivity index (χ4v) is 0.767. The second-order valence-electron chi connectivity index (χ2n) is 1.54. The number of halogens is 2. The van der Waals surface area contributed by atoms with Gasteiger partial charge in [0, 0.05) is 6.26 Å². The van der Waals surface area contributed by atoms with Crippen LogP contribution in [-0.4, -0.2) is 5.75 Å². The Morgan fingerprint density at radius 1 is 1.56 bits per heavy atom. The molecular formula is C6H9F2S. The Kier molecular flexibility index (Phi) is 6.04. The number of thioether (sulfide) groups is 1. The van der Waals surface area contributed by atoms with Gasteiger partial charge < -0.3 is 0 Å². The summed E-state index contributed by atoms with van der Waals surface area (Å²) in [4.78, 5) is 0. The van der Waals surface area contributed by atoms with Gasteiger partial charge in [0.1, 0.15) is 0 Å². The number of allylic oxidation sites excluding steroid dienone is 1. The molecular weight excluding hydrogens is 142 g/mol. The van der Waals surface area contributed by atoms with Gasteiger partial charge in [-0.05, 0) is 24.7 Å². The van der Waals surface area contributed by atoms with Crippen LogP contribution in [0.5, 0.6) is 0 Å². The molecule has 0 aromatic heterocycles. The monoisotopic (exact) mass is 151 g/mol. The summed E-state index contributed by atoms with van der Waals surface area (Å²) in [5.74, 6) is 0.851. The zero-order chi connectivity index (χ0) is 7.11. The first-order chi connectivity index (χ1) is 4.27. The number of rotatable bonds is 4. The van der Waals surface area contributed by atoms with E-state index in [1.165, 1.54) is 11.8 Å². The molecule has 0 saturated carbocycles. The van der Waals surface area contributed by atoms with Crippen LogP contribution in [0.15, 0.2) is 12.2 Å². The highest BCUT2D eigenvalue weighted by molar-refractivity contribution is 8.00. The molecule has 0 heterocycles. The van der Waals surface area contributed by atoms with Crippen LogP contribution in [0.2, 0.25) is 0 Å². The van der Waals surface area contributed by atoms with E-state index in [9.17, 15) is 8.78 Å². The van der Waals surface area contributed by atoms with Crippen LogP contribution in [0.3, 0.4) is 0 Å². The van der Waals surface area contributed by atoms with Gasteiger partial charge in [-0.3, -0.25) is 0 Å². The SMILES string of the molecule is [CH2]SCCCC=C(F)F. The van der Waals surface area contributed by atoms with Gasteiger partial charge in [0.15, 0.2) is 0 Å². The van der Waals surface area contributed by atoms with E-state index in [1.54, 1.807) is 0 Å². The van der Waals surface area contributed by atoms with E-state index in [0.29, 0.717) is 6.42 Å². The van der Waals surface area contributed by atoms with Gasteiger partial charge in [-0.25, -0.2) is 0 Å². The van der Waals surface area contributed by atoms with Crippen LogP contribution >= 0.6 is 11.8 Å². The first kappa shape index (κ1) is 8.95. The Morgan fingerprint density at radius 2 is 2.22 bits per heavy atom. The largest absolute Gasteiger partial charge is 0.266 e. The minimum atomic E-state index is -1.58. The number of hydrogen-bond donors (Lipinski definition) is 0. The molecule has 0 N–H and O–H groups in total. The standard InChI is InChI=1S/C6H9F2S/c1-9-5-3-2-4-6(7)8/h4H,1-3,5H2. The minimum Gasteiger partial charge on any atom is -0.174 e. The zero-order valence-corrected chi connectivity index (χ0v) is 5.89. The van der Waals surface area contributed by atoms with Crippen LogP contribution in [0.4, 0.5) is 8.78 Å². The van der Waals surface area contributed by atoms with Gasteiger partial charge in [0.25, 0.3) is 6.08 Å². The maximum Gasteiger partial charge on any atom is 0.266 e. The summed E-state index contributed by atoms with van der Waals surface area (Å²) in [6.45, 7) is 0. The van der Waals surface area contributed by atoms with Crippen LogP contribution < -0.4 is 0 Å². The van der Waals surface area contributed by atoms with Crippen molar-refractivity contribution in [2.75, 3.05) is 5.75 Å². The summed E-state index contributed by atoms with van der Waals surface area (Å²) in [5.41, 5.74) is 0. The summed E-state index contributed by atoms with van der Waals surface area (Å²) < 4.78 is 22.6. The van der Waals surface area contributed by atoms with E-state index in [1.807, 2.05) is 0 Å². The molecule has 53 valence electrons. The highest BCUT2D eigenvalue weighted by Gasteiger charge is 1.86. The Labute approximate surface area is 58.3 Å². The third-order valence-corrected chi connectivity index (χ3v) is 1.37. The molecule has 0 aromatic carbocycles. The Balaban J connectivity index is 3.00. The third-order valence-electron chi connectivity index (χ3n) is 0.791. The molecule has 0 aliphatic rings. The van der Waals surface area contributed by atoms with E-state index in [-0.39, 0.29) is 0 Å². The van der Waals surface area contributed by atoms with Crippen molar-refractivity contribution in [3.63, 3.8) is 0 Å². The lowest BCUT2D eigenvalue weighted by molar-refractivity contribution is 0.417. The molecule has 0 aromatic rings. The molecule has 9 heavy (non-hydrogen) atoms. The topological polar surface area (TPSA) is 0 Å². The molecule has 0 aliphatic carbocycles. The molecule has 0 amide bonds. The van der Waals surface area contributed by atoms with Crippen LogP contribution in [0, 0.1) is 6.26 Å². The van der Waals surface area contributed by atoms with Crippen LogP contribution in [0.1, 0.15) is 12.8 Å². The van der Waals surface area contributed by atoms with Crippen LogP contribution in [-0.2, 0) is 0 Å².